The Morgan fingerprint density at radius 3 is 2.46 bits per heavy atom. The maximum atomic E-state index is 10.3. The predicted molar refractivity (Wildman–Crippen MR) is 107 cm³/mol. The number of rotatable bonds is 4. The molecule has 0 unspecified atom stereocenters. The highest BCUT2D eigenvalue weighted by molar-refractivity contribution is 6.46. The summed E-state index contributed by atoms with van der Waals surface area (Å²) in [4.78, 5) is 4.80. The summed E-state index contributed by atoms with van der Waals surface area (Å²) in [5, 5.41) is 13.6. The number of nitrogens with zero attached hydrogens (tertiary/aromatic N) is 1. The quantitative estimate of drug-likeness (QED) is 0.572. The largest absolute Gasteiger partial charge is 0.454 e. The van der Waals surface area contributed by atoms with Crippen molar-refractivity contribution < 1.29 is 14.2 Å². The molecule has 26 heavy (non-hydrogen) atoms. The summed E-state index contributed by atoms with van der Waals surface area (Å²) < 4.78 is 11.9. The first-order valence-corrected chi connectivity index (χ1v) is 8.82. The SMILES string of the molecule is CC(C)(O)C(C)(C)OBc1ccc2oc3ccc4ccccc4c3c2n1. The first-order valence-electron chi connectivity index (χ1n) is 8.82. The molecule has 2 aromatic carbocycles. The zero-order valence-corrected chi connectivity index (χ0v) is 15.5. The van der Waals surface area contributed by atoms with Crippen molar-refractivity contribution >= 4 is 45.9 Å². The van der Waals surface area contributed by atoms with Crippen LogP contribution in [0.2, 0.25) is 0 Å². The van der Waals surface area contributed by atoms with E-state index >= 15 is 0 Å². The number of furan rings is 1. The maximum Gasteiger partial charge on any atom is 0.329 e. The second-order valence-electron chi connectivity index (χ2n) is 7.77. The lowest BCUT2D eigenvalue weighted by Crippen LogP contribution is -2.49. The van der Waals surface area contributed by atoms with Crippen molar-refractivity contribution in [2.45, 2.75) is 38.9 Å². The predicted octanol–water partition coefficient (Wildman–Crippen LogP) is 3.68. The van der Waals surface area contributed by atoms with E-state index < -0.39 is 11.2 Å². The molecule has 0 aliphatic rings. The first kappa shape index (κ1) is 17.1. The molecule has 132 valence electrons. The molecular weight excluding hydrogens is 325 g/mol. The average molecular weight is 347 g/mol. The van der Waals surface area contributed by atoms with Crippen LogP contribution in [-0.4, -0.2) is 28.8 Å². The molecule has 0 spiro atoms. The summed E-state index contributed by atoms with van der Waals surface area (Å²) in [6.07, 6.45) is 0. The molecule has 4 rings (SSSR count). The molecular formula is C21H22BNO3. The molecule has 0 aliphatic heterocycles. The molecule has 0 radical (unpaired) electrons. The van der Waals surface area contributed by atoms with E-state index in [4.69, 9.17) is 14.1 Å². The summed E-state index contributed by atoms with van der Waals surface area (Å²) in [5.41, 5.74) is 1.62. The summed E-state index contributed by atoms with van der Waals surface area (Å²) in [7, 11) is 0.324. The van der Waals surface area contributed by atoms with E-state index in [1.807, 2.05) is 44.2 Å². The minimum absolute atomic E-state index is 0.324. The van der Waals surface area contributed by atoms with Crippen LogP contribution in [0.1, 0.15) is 27.7 Å². The molecule has 2 heterocycles. The fraction of sp³-hybridized carbons (Fsp3) is 0.286. The molecule has 0 saturated carbocycles. The molecule has 5 heteroatoms. The molecule has 0 amide bonds. The highest BCUT2D eigenvalue weighted by Gasteiger charge is 2.35. The lowest BCUT2D eigenvalue weighted by molar-refractivity contribution is -0.0893. The second-order valence-corrected chi connectivity index (χ2v) is 7.77. The maximum absolute atomic E-state index is 10.3. The van der Waals surface area contributed by atoms with Gasteiger partial charge in [-0.2, -0.15) is 0 Å². The van der Waals surface area contributed by atoms with Crippen LogP contribution in [0.3, 0.4) is 0 Å². The average Bonchev–Trinajstić information content (AvgIpc) is 2.97. The van der Waals surface area contributed by atoms with Crippen LogP contribution in [0.5, 0.6) is 0 Å². The van der Waals surface area contributed by atoms with Gasteiger partial charge in [0.15, 0.2) is 5.58 Å². The van der Waals surface area contributed by atoms with Crippen LogP contribution in [0.4, 0.5) is 0 Å². The van der Waals surface area contributed by atoms with Gasteiger partial charge in [0.05, 0.1) is 16.6 Å². The van der Waals surface area contributed by atoms with Gasteiger partial charge in [0.2, 0.25) is 0 Å². The number of pyridine rings is 1. The third-order valence-electron chi connectivity index (χ3n) is 5.32. The van der Waals surface area contributed by atoms with E-state index in [-0.39, 0.29) is 0 Å². The standard InChI is InChI=1S/C21H22BNO3/c1-20(2,24)21(3,4)26-22-17-12-11-16-19(23-17)18-14-8-6-5-7-13(14)9-10-15(18)25-16/h5-12,22,24H,1-4H3. The van der Waals surface area contributed by atoms with E-state index in [0.29, 0.717) is 7.48 Å². The van der Waals surface area contributed by atoms with E-state index in [1.54, 1.807) is 13.8 Å². The first-order chi connectivity index (χ1) is 12.3. The molecule has 1 N–H and O–H groups in total. The van der Waals surface area contributed by atoms with Crippen LogP contribution in [0, 0.1) is 0 Å². The van der Waals surface area contributed by atoms with Crippen LogP contribution in [0.15, 0.2) is 52.9 Å². The molecule has 0 bridgehead atoms. The Bertz CT molecular complexity index is 1110. The number of hydrogen-bond donors (Lipinski definition) is 1. The van der Waals surface area contributed by atoms with Crippen molar-refractivity contribution in [1.29, 1.82) is 0 Å². The third kappa shape index (κ3) is 2.77. The molecule has 0 fully saturated rings. The fourth-order valence-electron chi connectivity index (χ4n) is 2.96. The van der Waals surface area contributed by atoms with Crippen LogP contribution >= 0.6 is 0 Å². The highest BCUT2D eigenvalue weighted by atomic mass is 16.5. The smallest absolute Gasteiger partial charge is 0.329 e. The van der Waals surface area contributed by atoms with Gasteiger partial charge in [-0.1, -0.05) is 30.3 Å². The van der Waals surface area contributed by atoms with Crippen molar-refractivity contribution in [3.05, 3.63) is 48.5 Å². The summed E-state index contributed by atoms with van der Waals surface area (Å²) in [5.74, 6) is 0. The molecule has 4 nitrogen and oxygen atoms in total. The lowest BCUT2D eigenvalue weighted by atomic mass is 9.85. The Hall–Kier alpha value is -2.37. The zero-order valence-electron chi connectivity index (χ0n) is 15.5. The molecule has 0 saturated heterocycles. The van der Waals surface area contributed by atoms with Gasteiger partial charge in [0.25, 0.3) is 0 Å². The van der Waals surface area contributed by atoms with Crippen LogP contribution < -0.4 is 5.59 Å². The Morgan fingerprint density at radius 2 is 1.69 bits per heavy atom. The minimum atomic E-state index is -0.949. The zero-order chi connectivity index (χ0) is 18.5. The van der Waals surface area contributed by atoms with Crippen LogP contribution in [0.25, 0.3) is 32.8 Å². The van der Waals surface area contributed by atoms with Gasteiger partial charge in [-0.3, -0.25) is 4.98 Å². The van der Waals surface area contributed by atoms with Crippen LogP contribution in [-0.2, 0) is 4.65 Å². The van der Waals surface area contributed by atoms with Crippen molar-refractivity contribution in [2.24, 2.45) is 0 Å². The monoisotopic (exact) mass is 347 g/mol. The van der Waals surface area contributed by atoms with Gasteiger partial charge in [-0.25, -0.2) is 0 Å². The summed E-state index contributed by atoms with van der Waals surface area (Å²) >= 11 is 0. The minimum Gasteiger partial charge on any atom is -0.454 e. The number of aromatic nitrogens is 1. The Morgan fingerprint density at radius 1 is 0.962 bits per heavy atom. The fourth-order valence-corrected chi connectivity index (χ4v) is 2.96. The van der Waals surface area contributed by atoms with E-state index in [9.17, 15) is 5.11 Å². The molecule has 0 atom stereocenters. The van der Waals surface area contributed by atoms with E-state index in [0.717, 1.165) is 38.4 Å². The second kappa shape index (κ2) is 5.83. The number of benzene rings is 2. The molecule has 2 aromatic heterocycles. The van der Waals surface area contributed by atoms with E-state index in [1.165, 1.54) is 0 Å². The lowest BCUT2D eigenvalue weighted by Gasteiger charge is -2.37. The van der Waals surface area contributed by atoms with Crippen molar-refractivity contribution in [1.82, 2.24) is 4.98 Å². The Balaban J connectivity index is 1.79. The topological polar surface area (TPSA) is 55.5 Å². The Labute approximate surface area is 153 Å². The van der Waals surface area contributed by atoms with Gasteiger partial charge in [-0.15, -0.1) is 0 Å². The van der Waals surface area contributed by atoms with Gasteiger partial charge >= 0.3 is 7.48 Å². The normalized spacial score (nSPS) is 13.0. The number of hydrogen-bond acceptors (Lipinski definition) is 4. The van der Waals surface area contributed by atoms with Gasteiger partial charge in [0.1, 0.15) is 11.1 Å². The van der Waals surface area contributed by atoms with Crippen molar-refractivity contribution in [2.75, 3.05) is 0 Å². The molecule has 4 aromatic rings. The van der Waals surface area contributed by atoms with Gasteiger partial charge < -0.3 is 14.2 Å². The van der Waals surface area contributed by atoms with Gasteiger partial charge in [-0.05, 0) is 56.7 Å². The highest BCUT2D eigenvalue weighted by Crippen LogP contribution is 2.33. The Kier molecular flexibility index (Phi) is 3.83. The van der Waals surface area contributed by atoms with Crippen molar-refractivity contribution in [3.8, 4) is 0 Å². The number of fused-ring (bicyclic) bond motifs is 5. The third-order valence-corrected chi connectivity index (χ3v) is 5.32. The van der Waals surface area contributed by atoms with E-state index in [2.05, 4.69) is 18.2 Å². The van der Waals surface area contributed by atoms with Gasteiger partial charge in [0, 0.05) is 5.59 Å². The summed E-state index contributed by atoms with van der Waals surface area (Å²) in [6, 6.07) is 16.1. The van der Waals surface area contributed by atoms with Crippen molar-refractivity contribution in [3.63, 3.8) is 0 Å². The summed E-state index contributed by atoms with van der Waals surface area (Å²) in [6.45, 7) is 7.26. The number of aliphatic hydroxyl groups is 1. The molecule has 0 aliphatic carbocycles.